The first-order valence-corrected chi connectivity index (χ1v) is 7.37. The molecule has 0 saturated heterocycles. The molecule has 2 aliphatic carbocycles. The summed E-state index contributed by atoms with van der Waals surface area (Å²) in [5.74, 6) is 1.96. The molecule has 0 unspecified atom stereocenters. The number of rotatable bonds is 7. The van der Waals surface area contributed by atoms with Crippen LogP contribution in [-0.2, 0) is 0 Å². The lowest BCUT2D eigenvalue weighted by Gasteiger charge is -2.19. The van der Waals surface area contributed by atoms with Crippen molar-refractivity contribution in [1.29, 1.82) is 0 Å². The first-order valence-electron chi connectivity index (χ1n) is 7.37. The van der Waals surface area contributed by atoms with Gasteiger partial charge in [0.05, 0.1) is 17.6 Å². The standard InChI is InChI=1S/C15H20N2O3/c1-2-20-12-7-8-13(14(9-12)17(18)19)16-15(10-3-4-10)11-5-6-11/h7-11,15-16H,2-6H2,1H3. The van der Waals surface area contributed by atoms with Crippen LogP contribution < -0.4 is 10.1 Å². The van der Waals surface area contributed by atoms with Crippen LogP contribution in [0.15, 0.2) is 18.2 Å². The quantitative estimate of drug-likeness (QED) is 0.610. The summed E-state index contributed by atoms with van der Waals surface area (Å²) in [5, 5.41) is 14.7. The molecule has 0 amide bonds. The maximum Gasteiger partial charge on any atom is 0.296 e. The number of benzene rings is 1. The van der Waals surface area contributed by atoms with Crippen LogP contribution in [0.5, 0.6) is 5.75 Å². The number of anilines is 1. The fraction of sp³-hybridized carbons (Fsp3) is 0.600. The summed E-state index contributed by atoms with van der Waals surface area (Å²) in [4.78, 5) is 10.9. The summed E-state index contributed by atoms with van der Waals surface area (Å²) < 4.78 is 5.34. The van der Waals surface area contributed by atoms with E-state index in [1.165, 1.54) is 31.7 Å². The van der Waals surface area contributed by atoms with E-state index in [2.05, 4.69) is 5.32 Å². The Labute approximate surface area is 118 Å². The first-order chi connectivity index (χ1) is 9.69. The first kappa shape index (κ1) is 13.2. The largest absolute Gasteiger partial charge is 0.494 e. The lowest BCUT2D eigenvalue weighted by Crippen LogP contribution is -2.24. The summed E-state index contributed by atoms with van der Waals surface area (Å²) in [6.45, 7) is 2.38. The number of nitro benzene ring substituents is 1. The number of nitrogens with one attached hydrogen (secondary N) is 1. The molecule has 108 valence electrons. The summed E-state index contributed by atoms with van der Waals surface area (Å²) in [5.41, 5.74) is 0.740. The van der Waals surface area contributed by atoms with Gasteiger partial charge in [-0.15, -0.1) is 0 Å². The Morgan fingerprint density at radius 3 is 2.50 bits per heavy atom. The number of hydrogen-bond acceptors (Lipinski definition) is 4. The molecule has 2 aliphatic rings. The third-order valence-electron chi connectivity index (χ3n) is 4.06. The van der Waals surface area contributed by atoms with Crippen molar-refractivity contribution in [3.05, 3.63) is 28.3 Å². The molecule has 2 saturated carbocycles. The summed E-state index contributed by atoms with van der Waals surface area (Å²) in [6.07, 6.45) is 5.00. The van der Waals surface area contributed by atoms with Crippen molar-refractivity contribution in [2.45, 2.75) is 38.6 Å². The van der Waals surface area contributed by atoms with Gasteiger partial charge in [-0.05, 0) is 56.6 Å². The van der Waals surface area contributed by atoms with Crippen molar-refractivity contribution >= 4 is 11.4 Å². The maximum absolute atomic E-state index is 11.2. The van der Waals surface area contributed by atoms with Crippen molar-refractivity contribution in [1.82, 2.24) is 0 Å². The Bertz CT molecular complexity index is 498. The normalized spacial score (nSPS) is 18.1. The molecule has 0 bridgehead atoms. The van der Waals surface area contributed by atoms with Gasteiger partial charge in [0.1, 0.15) is 11.4 Å². The Morgan fingerprint density at radius 1 is 1.35 bits per heavy atom. The maximum atomic E-state index is 11.2. The fourth-order valence-electron chi connectivity index (χ4n) is 2.75. The minimum atomic E-state index is -0.332. The van der Waals surface area contributed by atoms with Gasteiger partial charge >= 0.3 is 0 Å². The summed E-state index contributed by atoms with van der Waals surface area (Å²) in [7, 11) is 0. The molecular formula is C15H20N2O3. The average Bonchev–Trinajstić information content (AvgIpc) is 3.28. The van der Waals surface area contributed by atoms with Gasteiger partial charge in [0, 0.05) is 6.04 Å². The predicted octanol–water partition coefficient (Wildman–Crippen LogP) is 3.59. The molecule has 0 aliphatic heterocycles. The molecule has 2 fully saturated rings. The highest BCUT2D eigenvalue weighted by molar-refractivity contribution is 5.64. The van der Waals surface area contributed by atoms with Crippen LogP contribution in [0.3, 0.4) is 0 Å². The second-order valence-corrected chi connectivity index (χ2v) is 5.71. The van der Waals surface area contributed by atoms with Gasteiger partial charge in [0.15, 0.2) is 0 Å². The Kier molecular flexibility index (Phi) is 3.51. The van der Waals surface area contributed by atoms with Crippen LogP contribution in [0.1, 0.15) is 32.6 Å². The Morgan fingerprint density at radius 2 is 2.00 bits per heavy atom. The molecule has 1 N–H and O–H groups in total. The Balaban J connectivity index is 1.81. The molecule has 0 aromatic heterocycles. The van der Waals surface area contributed by atoms with Crippen molar-refractivity contribution < 1.29 is 9.66 Å². The zero-order chi connectivity index (χ0) is 14.1. The van der Waals surface area contributed by atoms with E-state index in [1.54, 1.807) is 12.1 Å². The van der Waals surface area contributed by atoms with Gasteiger partial charge in [0.25, 0.3) is 5.69 Å². The van der Waals surface area contributed by atoms with Crippen LogP contribution in [-0.4, -0.2) is 17.6 Å². The van der Waals surface area contributed by atoms with Gasteiger partial charge in [-0.3, -0.25) is 10.1 Å². The molecule has 0 radical (unpaired) electrons. The zero-order valence-corrected chi connectivity index (χ0v) is 11.7. The number of ether oxygens (including phenoxy) is 1. The zero-order valence-electron chi connectivity index (χ0n) is 11.7. The average molecular weight is 276 g/mol. The van der Waals surface area contributed by atoms with E-state index in [0.717, 1.165) is 0 Å². The lowest BCUT2D eigenvalue weighted by atomic mass is 10.1. The molecular weight excluding hydrogens is 256 g/mol. The minimum absolute atomic E-state index is 0.113. The van der Waals surface area contributed by atoms with Crippen molar-refractivity contribution in [3.63, 3.8) is 0 Å². The number of nitro groups is 1. The van der Waals surface area contributed by atoms with E-state index in [0.29, 0.717) is 35.9 Å². The molecule has 3 rings (SSSR count). The van der Waals surface area contributed by atoms with Crippen LogP contribution >= 0.6 is 0 Å². The molecule has 20 heavy (non-hydrogen) atoms. The van der Waals surface area contributed by atoms with Gasteiger partial charge in [-0.25, -0.2) is 0 Å². The van der Waals surface area contributed by atoms with E-state index in [-0.39, 0.29) is 10.6 Å². The molecule has 0 atom stereocenters. The summed E-state index contributed by atoms with van der Waals surface area (Å²) in [6, 6.07) is 5.51. The van der Waals surface area contributed by atoms with E-state index < -0.39 is 0 Å². The van der Waals surface area contributed by atoms with Gasteiger partial charge in [0.2, 0.25) is 0 Å². The van der Waals surface area contributed by atoms with Crippen molar-refractivity contribution in [2.24, 2.45) is 11.8 Å². The Hall–Kier alpha value is -1.78. The smallest absolute Gasteiger partial charge is 0.296 e. The minimum Gasteiger partial charge on any atom is -0.494 e. The molecule has 0 heterocycles. The monoisotopic (exact) mass is 276 g/mol. The van der Waals surface area contributed by atoms with E-state index >= 15 is 0 Å². The van der Waals surface area contributed by atoms with E-state index in [1.807, 2.05) is 6.92 Å². The number of hydrogen-bond donors (Lipinski definition) is 1. The highest BCUT2D eigenvalue weighted by atomic mass is 16.6. The van der Waals surface area contributed by atoms with Crippen LogP contribution in [0, 0.1) is 22.0 Å². The lowest BCUT2D eigenvalue weighted by molar-refractivity contribution is -0.384. The molecule has 1 aromatic carbocycles. The van der Waals surface area contributed by atoms with E-state index in [9.17, 15) is 10.1 Å². The predicted molar refractivity (Wildman–Crippen MR) is 77.1 cm³/mol. The number of nitrogens with zero attached hydrogens (tertiary/aromatic N) is 1. The second kappa shape index (κ2) is 5.31. The van der Waals surface area contributed by atoms with Gasteiger partial charge in [-0.1, -0.05) is 0 Å². The van der Waals surface area contributed by atoms with Gasteiger partial charge < -0.3 is 10.1 Å². The fourth-order valence-corrected chi connectivity index (χ4v) is 2.75. The highest BCUT2D eigenvalue weighted by Crippen LogP contribution is 2.46. The molecule has 5 heteroatoms. The van der Waals surface area contributed by atoms with Crippen molar-refractivity contribution in [3.8, 4) is 5.75 Å². The SMILES string of the molecule is CCOc1ccc(NC(C2CC2)C2CC2)c([N+](=O)[O-])c1. The highest BCUT2D eigenvalue weighted by Gasteiger charge is 2.42. The summed E-state index contributed by atoms with van der Waals surface area (Å²) >= 11 is 0. The molecule has 0 spiro atoms. The van der Waals surface area contributed by atoms with Crippen LogP contribution in [0.2, 0.25) is 0 Å². The topological polar surface area (TPSA) is 64.4 Å². The molecule has 5 nitrogen and oxygen atoms in total. The van der Waals surface area contributed by atoms with Gasteiger partial charge in [-0.2, -0.15) is 0 Å². The van der Waals surface area contributed by atoms with Crippen LogP contribution in [0.4, 0.5) is 11.4 Å². The van der Waals surface area contributed by atoms with Crippen LogP contribution in [0.25, 0.3) is 0 Å². The third-order valence-corrected chi connectivity index (χ3v) is 4.06. The van der Waals surface area contributed by atoms with E-state index in [4.69, 9.17) is 4.74 Å². The second-order valence-electron chi connectivity index (χ2n) is 5.71. The van der Waals surface area contributed by atoms with Crippen molar-refractivity contribution in [2.75, 3.05) is 11.9 Å². The molecule has 1 aromatic rings. The third kappa shape index (κ3) is 2.86.